The Morgan fingerprint density at radius 1 is 1.11 bits per heavy atom. The monoisotopic (exact) mass is 538 g/mol. The molecule has 0 radical (unpaired) electrons. The van der Waals surface area contributed by atoms with Gasteiger partial charge in [0.1, 0.15) is 23.1 Å². The fourth-order valence-corrected chi connectivity index (χ4v) is 6.10. The average molecular weight is 539 g/mol. The summed E-state index contributed by atoms with van der Waals surface area (Å²) in [6.45, 7) is 16.7. The van der Waals surface area contributed by atoms with Crippen molar-refractivity contribution in [2.24, 2.45) is 0 Å². The van der Waals surface area contributed by atoms with Gasteiger partial charge in [-0.15, -0.1) is 11.3 Å². The number of benzene rings is 1. The molecule has 1 aliphatic rings. The van der Waals surface area contributed by atoms with Crippen molar-refractivity contribution in [1.82, 2.24) is 19.4 Å². The third-order valence-corrected chi connectivity index (χ3v) is 8.45. The first-order chi connectivity index (χ1) is 17.8. The standard InChI is InChI=1S/C30H42N4O3S/c1-19-31-15-22(17-35)34(19)16-26(36)33-11-9-20(10-12-33)25-18-38-28(32-25)21-13-23(29(2,3)4)27(37-8)24(14-21)30(5,6)7/h13-15,18,20,35H,9-12,16-17H2,1-8H3. The predicted octanol–water partition coefficient (Wildman–Crippen LogP) is 5.82. The number of aryl methyl sites for hydroxylation is 1. The minimum atomic E-state index is -0.120. The van der Waals surface area contributed by atoms with Gasteiger partial charge in [0, 0.05) is 41.1 Å². The Bertz CT molecular complexity index is 1250. The van der Waals surface area contributed by atoms with Crippen molar-refractivity contribution < 1.29 is 14.6 Å². The van der Waals surface area contributed by atoms with Crippen LogP contribution in [0, 0.1) is 6.92 Å². The van der Waals surface area contributed by atoms with Gasteiger partial charge >= 0.3 is 0 Å². The number of aliphatic hydroxyl groups excluding tert-OH is 1. The zero-order valence-electron chi connectivity index (χ0n) is 24.1. The highest BCUT2D eigenvalue weighted by Gasteiger charge is 2.30. The minimum absolute atomic E-state index is 0.0615. The second-order valence-corrected chi connectivity index (χ2v) is 13.2. The van der Waals surface area contributed by atoms with Gasteiger partial charge in [-0.3, -0.25) is 4.79 Å². The van der Waals surface area contributed by atoms with Crippen molar-refractivity contribution >= 4 is 17.2 Å². The zero-order valence-corrected chi connectivity index (χ0v) is 24.9. The van der Waals surface area contributed by atoms with Crippen molar-refractivity contribution in [1.29, 1.82) is 0 Å². The Morgan fingerprint density at radius 3 is 2.24 bits per heavy atom. The molecule has 0 spiro atoms. The summed E-state index contributed by atoms with van der Waals surface area (Å²) in [7, 11) is 1.76. The number of likely N-dealkylation sites (tertiary alicyclic amines) is 1. The molecule has 38 heavy (non-hydrogen) atoms. The van der Waals surface area contributed by atoms with Crippen LogP contribution in [0.1, 0.15) is 88.6 Å². The van der Waals surface area contributed by atoms with Crippen LogP contribution in [0.15, 0.2) is 23.7 Å². The van der Waals surface area contributed by atoms with Crippen molar-refractivity contribution in [3.05, 3.63) is 52.0 Å². The maximum atomic E-state index is 13.0. The van der Waals surface area contributed by atoms with E-state index in [1.54, 1.807) is 29.2 Å². The molecule has 1 N–H and O–H groups in total. The van der Waals surface area contributed by atoms with Gasteiger partial charge in [0.05, 0.1) is 31.3 Å². The van der Waals surface area contributed by atoms with Gasteiger partial charge in [0.2, 0.25) is 5.91 Å². The number of carbonyl (C=O) groups is 1. The Hall–Kier alpha value is -2.71. The van der Waals surface area contributed by atoms with Crippen LogP contribution in [0.4, 0.5) is 0 Å². The molecule has 4 rings (SSSR count). The molecule has 0 saturated carbocycles. The summed E-state index contributed by atoms with van der Waals surface area (Å²) in [6.07, 6.45) is 3.42. The van der Waals surface area contributed by atoms with Crippen LogP contribution in [0.3, 0.4) is 0 Å². The number of thiazole rings is 1. The molecular weight excluding hydrogens is 496 g/mol. The lowest BCUT2D eigenvalue weighted by Gasteiger charge is -2.31. The van der Waals surface area contributed by atoms with E-state index in [4.69, 9.17) is 9.72 Å². The summed E-state index contributed by atoms with van der Waals surface area (Å²) in [5, 5.41) is 12.8. The molecule has 7 nitrogen and oxygen atoms in total. The smallest absolute Gasteiger partial charge is 0.242 e. The van der Waals surface area contributed by atoms with Gasteiger partial charge in [-0.25, -0.2) is 9.97 Å². The van der Waals surface area contributed by atoms with E-state index < -0.39 is 0 Å². The van der Waals surface area contributed by atoms with Crippen LogP contribution in [-0.2, 0) is 28.8 Å². The Kier molecular flexibility index (Phi) is 8.05. The molecule has 1 amide bonds. The number of ether oxygens (including phenoxy) is 1. The summed E-state index contributed by atoms with van der Waals surface area (Å²) < 4.78 is 7.74. The molecule has 3 heterocycles. The largest absolute Gasteiger partial charge is 0.496 e. The number of aliphatic hydroxyl groups is 1. The maximum absolute atomic E-state index is 13.0. The molecule has 0 bridgehead atoms. The van der Waals surface area contributed by atoms with Crippen LogP contribution in [0.25, 0.3) is 10.6 Å². The normalized spacial score (nSPS) is 15.2. The first-order valence-electron chi connectivity index (χ1n) is 13.4. The number of nitrogens with zero attached hydrogens (tertiary/aromatic N) is 4. The second kappa shape index (κ2) is 10.8. The molecule has 1 saturated heterocycles. The second-order valence-electron chi connectivity index (χ2n) is 12.4. The molecule has 2 aromatic heterocycles. The van der Waals surface area contributed by atoms with Crippen LogP contribution in [0.5, 0.6) is 5.75 Å². The molecule has 0 unspecified atom stereocenters. The van der Waals surface area contributed by atoms with Gasteiger partial charge in [-0.1, -0.05) is 41.5 Å². The van der Waals surface area contributed by atoms with E-state index in [1.165, 1.54) is 11.1 Å². The van der Waals surface area contributed by atoms with Gasteiger partial charge in [-0.05, 0) is 42.7 Å². The van der Waals surface area contributed by atoms with Crippen molar-refractivity contribution in [3.63, 3.8) is 0 Å². The zero-order chi connectivity index (χ0) is 27.8. The van der Waals surface area contributed by atoms with Crippen molar-refractivity contribution in [3.8, 4) is 16.3 Å². The summed E-state index contributed by atoms with van der Waals surface area (Å²) in [4.78, 5) is 24.2. The third kappa shape index (κ3) is 5.81. The summed E-state index contributed by atoms with van der Waals surface area (Å²) >= 11 is 1.70. The molecule has 206 valence electrons. The number of amides is 1. The third-order valence-electron chi connectivity index (χ3n) is 7.54. The SMILES string of the molecule is COc1c(C(C)(C)C)cc(-c2nc(C3CCN(C(=O)Cn4c(CO)cnc4C)CC3)cs2)cc1C(C)(C)C. The predicted molar refractivity (Wildman–Crippen MR) is 153 cm³/mol. The lowest BCUT2D eigenvalue weighted by Crippen LogP contribution is -2.40. The first-order valence-corrected chi connectivity index (χ1v) is 14.3. The van der Waals surface area contributed by atoms with Crippen LogP contribution >= 0.6 is 11.3 Å². The molecule has 0 aliphatic carbocycles. The number of methoxy groups -OCH3 is 1. The van der Waals surface area contributed by atoms with Crippen molar-refractivity contribution in [2.45, 2.75) is 91.2 Å². The molecular formula is C30H42N4O3S. The fraction of sp³-hybridized carbons (Fsp3) is 0.567. The Morgan fingerprint density at radius 2 is 1.71 bits per heavy atom. The van der Waals surface area contributed by atoms with Gasteiger partial charge < -0.3 is 19.3 Å². The number of hydrogen-bond donors (Lipinski definition) is 1. The maximum Gasteiger partial charge on any atom is 0.242 e. The van der Waals surface area contributed by atoms with Crippen LogP contribution in [0.2, 0.25) is 0 Å². The lowest BCUT2D eigenvalue weighted by atomic mass is 9.78. The van der Waals surface area contributed by atoms with E-state index in [9.17, 15) is 9.90 Å². The summed E-state index contributed by atoms with van der Waals surface area (Å²) in [5.41, 5.74) is 5.20. The van der Waals surface area contributed by atoms with Gasteiger partial charge in [0.15, 0.2) is 0 Å². The fourth-order valence-electron chi connectivity index (χ4n) is 5.21. The molecule has 0 atom stereocenters. The summed E-state index contributed by atoms with van der Waals surface area (Å²) in [6, 6.07) is 4.49. The highest BCUT2D eigenvalue weighted by Crippen LogP contribution is 2.43. The molecule has 8 heteroatoms. The van der Waals surface area contributed by atoms with E-state index >= 15 is 0 Å². The average Bonchev–Trinajstić information content (AvgIpc) is 3.49. The van der Waals surface area contributed by atoms with Gasteiger partial charge in [0.25, 0.3) is 0 Å². The Balaban J connectivity index is 1.51. The molecule has 1 aliphatic heterocycles. The minimum Gasteiger partial charge on any atom is -0.496 e. The Labute approximate surface area is 230 Å². The molecule has 1 fully saturated rings. The van der Waals surface area contributed by atoms with Gasteiger partial charge in [-0.2, -0.15) is 0 Å². The van der Waals surface area contributed by atoms with Crippen molar-refractivity contribution in [2.75, 3.05) is 20.2 Å². The highest BCUT2D eigenvalue weighted by molar-refractivity contribution is 7.13. The number of aromatic nitrogens is 3. The molecule has 1 aromatic carbocycles. The number of imidazole rings is 1. The number of rotatable bonds is 6. The first kappa shape index (κ1) is 28.3. The number of hydrogen-bond acceptors (Lipinski definition) is 6. The summed E-state index contributed by atoms with van der Waals surface area (Å²) in [5.74, 6) is 2.13. The van der Waals surface area contributed by atoms with E-state index in [0.29, 0.717) is 24.7 Å². The molecule has 3 aromatic rings. The van der Waals surface area contributed by atoms with E-state index in [1.807, 2.05) is 11.8 Å². The van der Waals surface area contributed by atoms with E-state index in [2.05, 4.69) is 64.0 Å². The number of carbonyl (C=O) groups excluding carboxylic acids is 1. The quantitative estimate of drug-likeness (QED) is 0.428. The van der Waals surface area contributed by atoms with Crippen LogP contribution < -0.4 is 4.74 Å². The highest BCUT2D eigenvalue weighted by atomic mass is 32.1. The van der Waals surface area contributed by atoms with E-state index in [-0.39, 0.29) is 29.9 Å². The van der Waals surface area contributed by atoms with Crippen LogP contribution in [-0.4, -0.2) is 50.6 Å². The number of piperidine rings is 1. The van der Waals surface area contributed by atoms with E-state index in [0.717, 1.165) is 40.7 Å². The lowest BCUT2D eigenvalue weighted by molar-refractivity contribution is -0.133. The topological polar surface area (TPSA) is 80.5 Å².